The smallest absolute Gasteiger partial charge is 0.280 e. The van der Waals surface area contributed by atoms with Gasteiger partial charge in [-0.15, -0.1) is 11.3 Å². The van der Waals surface area contributed by atoms with Crippen LogP contribution in [-0.2, 0) is 15.0 Å². The fourth-order valence-corrected chi connectivity index (χ4v) is 5.73. The monoisotopic (exact) mass is 481 g/mol. The third-order valence-electron chi connectivity index (χ3n) is 4.92. The number of nitrogens with zero attached hydrogens (tertiary/aromatic N) is 3. The van der Waals surface area contributed by atoms with Gasteiger partial charge in [0.25, 0.3) is 10.2 Å². The Morgan fingerprint density at radius 2 is 2.03 bits per heavy atom. The topological polar surface area (TPSA) is 104 Å². The molecule has 1 fully saturated rings. The second-order valence-electron chi connectivity index (χ2n) is 6.93. The fourth-order valence-electron chi connectivity index (χ4n) is 3.23. The van der Waals surface area contributed by atoms with Crippen molar-refractivity contribution in [1.82, 2.24) is 19.0 Å². The van der Waals surface area contributed by atoms with Crippen molar-refractivity contribution in [2.24, 2.45) is 0 Å². The van der Waals surface area contributed by atoms with E-state index in [9.17, 15) is 17.6 Å². The second-order valence-corrected chi connectivity index (χ2v) is 10.0. The summed E-state index contributed by atoms with van der Waals surface area (Å²) in [5, 5.41) is 4.36. The number of nitrogens with one attached hydrogen (secondary N) is 2. The van der Waals surface area contributed by atoms with Crippen molar-refractivity contribution in [3.05, 3.63) is 64.1 Å². The van der Waals surface area contributed by atoms with Crippen LogP contribution in [0.25, 0.3) is 11.1 Å². The van der Waals surface area contributed by atoms with Crippen molar-refractivity contribution in [2.45, 2.75) is 18.5 Å². The van der Waals surface area contributed by atoms with E-state index in [4.69, 9.17) is 11.6 Å². The van der Waals surface area contributed by atoms with Gasteiger partial charge in [-0.25, -0.2) is 14.4 Å². The average Bonchev–Trinajstić information content (AvgIpc) is 3.23. The largest absolute Gasteiger partial charge is 0.325 e. The first-order valence-corrected chi connectivity index (χ1v) is 11.8. The number of carbonyl (C=O) groups is 1. The highest BCUT2D eigenvalue weighted by Gasteiger charge is 2.41. The summed E-state index contributed by atoms with van der Waals surface area (Å²) in [7, 11) is -2.56. The maximum atomic E-state index is 13.4. The molecule has 4 rings (SSSR count). The summed E-state index contributed by atoms with van der Waals surface area (Å²) in [5.74, 6) is -1.15. The summed E-state index contributed by atoms with van der Waals surface area (Å²) in [6, 6.07) is 4.07. The van der Waals surface area contributed by atoms with E-state index in [0.717, 1.165) is 26.4 Å². The van der Waals surface area contributed by atoms with Crippen LogP contribution in [0.15, 0.2) is 48.4 Å². The molecule has 2 atom stereocenters. The highest BCUT2D eigenvalue weighted by atomic mass is 35.5. The predicted molar refractivity (Wildman–Crippen MR) is 116 cm³/mol. The van der Waals surface area contributed by atoms with Crippen LogP contribution in [0.1, 0.15) is 17.3 Å². The van der Waals surface area contributed by atoms with E-state index in [1.807, 2.05) is 11.4 Å². The molecule has 0 spiro atoms. The molecule has 1 aliphatic heterocycles. The SMILES string of the molecule is CN1[C@H](C(=O)Nc2ccc(F)c(Cl)c2)C[C@H](c2cc(-c3cncnc3)cs2)NS1(=O)=O. The summed E-state index contributed by atoms with van der Waals surface area (Å²) in [4.78, 5) is 21.6. The van der Waals surface area contributed by atoms with Gasteiger partial charge in [0.05, 0.1) is 11.1 Å². The van der Waals surface area contributed by atoms with Gasteiger partial charge < -0.3 is 5.32 Å². The lowest BCUT2D eigenvalue weighted by atomic mass is 10.0. The van der Waals surface area contributed by atoms with Crippen LogP contribution in [-0.4, -0.2) is 41.7 Å². The number of halogens is 2. The molecule has 3 heterocycles. The van der Waals surface area contributed by atoms with Crippen LogP contribution >= 0.6 is 22.9 Å². The minimum absolute atomic E-state index is 0.141. The summed E-state index contributed by atoms with van der Waals surface area (Å²) in [6.07, 6.45) is 4.98. The summed E-state index contributed by atoms with van der Waals surface area (Å²) in [6.45, 7) is 0. The highest BCUT2D eigenvalue weighted by Crippen LogP contribution is 2.34. The minimum Gasteiger partial charge on any atom is -0.325 e. The van der Waals surface area contributed by atoms with Crippen molar-refractivity contribution in [1.29, 1.82) is 0 Å². The molecule has 0 bridgehead atoms. The summed E-state index contributed by atoms with van der Waals surface area (Å²) in [5.41, 5.74) is 1.95. The number of hydrogen-bond acceptors (Lipinski definition) is 6. The van der Waals surface area contributed by atoms with Crippen LogP contribution in [0, 0.1) is 5.82 Å². The Balaban J connectivity index is 1.57. The van der Waals surface area contributed by atoms with Gasteiger partial charge in [0.15, 0.2) is 0 Å². The van der Waals surface area contributed by atoms with Crippen LogP contribution in [0.2, 0.25) is 5.02 Å². The third-order valence-corrected chi connectivity index (χ3v) is 7.85. The molecule has 1 aliphatic rings. The number of thiophene rings is 1. The molecule has 3 aromatic rings. The zero-order valence-electron chi connectivity index (χ0n) is 16.1. The van der Waals surface area contributed by atoms with Crippen LogP contribution < -0.4 is 10.0 Å². The van der Waals surface area contributed by atoms with Gasteiger partial charge in [-0.2, -0.15) is 17.4 Å². The third kappa shape index (κ3) is 4.60. The number of anilines is 1. The van der Waals surface area contributed by atoms with Gasteiger partial charge in [-0.05, 0) is 41.6 Å². The number of rotatable bonds is 4. The van der Waals surface area contributed by atoms with Crippen molar-refractivity contribution in [3.63, 3.8) is 0 Å². The first kappa shape index (κ1) is 21.8. The molecule has 1 saturated heterocycles. The molecule has 1 aromatic carbocycles. The van der Waals surface area contributed by atoms with Crippen LogP contribution in [0.3, 0.4) is 0 Å². The number of aromatic nitrogens is 2. The summed E-state index contributed by atoms with van der Waals surface area (Å²) < 4.78 is 42.3. The molecule has 12 heteroatoms. The standard InChI is InChI=1S/C19H17ClFN5O3S2/c1-26-17(19(27)24-13-2-3-15(21)14(20)5-13)6-16(25-31(26,28)29)18-4-11(9-30-18)12-7-22-10-23-8-12/h2-5,7-10,16-17,25H,6H2,1H3,(H,24,27)/t16-,17+/m1/s1. The van der Waals surface area contributed by atoms with Gasteiger partial charge >= 0.3 is 0 Å². The van der Waals surface area contributed by atoms with E-state index in [0.29, 0.717) is 0 Å². The number of benzene rings is 1. The van der Waals surface area contributed by atoms with Gasteiger partial charge in [0, 0.05) is 35.6 Å². The van der Waals surface area contributed by atoms with E-state index in [2.05, 4.69) is 20.0 Å². The molecule has 0 radical (unpaired) electrons. The first-order chi connectivity index (χ1) is 14.7. The number of hydrogen-bond donors (Lipinski definition) is 2. The number of likely N-dealkylation sites (N-methyl/N-ethyl adjacent to an activating group) is 1. The molecule has 2 N–H and O–H groups in total. The lowest BCUT2D eigenvalue weighted by Gasteiger charge is -2.35. The van der Waals surface area contributed by atoms with E-state index >= 15 is 0 Å². The fraction of sp³-hybridized carbons (Fsp3) is 0.211. The zero-order valence-corrected chi connectivity index (χ0v) is 18.5. The molecule has 0 aliphatic carbocycles. The Morgan fingerprint density at radius 1 is 1.29 bits per heavy atom. The average molecular weight is 482 g/mol. The molecule has 31 heavy (non-hydrogen) atoms. The number of amides is 1. The lowest BCUT2D eigenvalue weighted by Crippen LogP contribution is -2.55. The maximum Gasteiger partial charge on any atom is 0.280 e. The van der Waals surface area contributed by atoms with Crippen LogP contribution in [0.4, 0.5) is 10.1 Å². The Labute approximate surface area is 187 Å². The van der Waals surface area contributed by atoms with Gasteiger partial charge in [-0.3, -0.25) is 4.79 Å². The van der Waals surface area contributed by atoms with Crippen molar-refractivity contribution in [2.75, 3.05) is 12.4 Å². The normalized spacial score (nSPS) is 21.0. The molecule has 2 aromatic heterocycles. The second kappa shape index (κ2) is 8.60. The van der Waals surface area contributed by atoms with Crippen molar-refractivity contribution in [3.8, 4) is 11.1 Å². The molecular weight excluding hydrogens is 465 g/mol. The molecular formula is C19H17ClFN5O3S2. The zero-order chi connectivity index (χ0) is 22.2. The molecule has 0 saturated carbocycles. The first-order valence-electron chi connectivity index (χ1n) is 9.09. The minimum atomic E-state index is -3.90. The van der Waals surface area contributed by atoms with E-state index < -0.39 is 34.0 Å². The highest BCUT2D eigenvalue weighted by molar-refractivity contribution is 7.87. The lowest BCUT2D eigenvalue weighted by molar-refractivity contribution is -0.120. The predicted octanol–water partition coefficient (Wildman–Crippen LogP) is 3.22. The van der Waals surface area contributed by atoms with E-state index in [-0.39, 0.29) is 17.1 Å². The van der Waals surface area contributed by atoms with Crippen molar-refractivity contribution >= 4 is 44.7 Å². The summed E-state index contributed by atoms with van der Waals surface area (Å²) >= 11 is 7.15. The Hall–Kier alpha value is -2.44. The molecule has 0 unspecified atom stereocenters. The van der Waals surface area contributed by atoms with E-state index in [1.165, 1.54) is 36.8 Å². The Bertz CT molecular complexity index is 1220. The van der Waals surface area contributed by atoms with Gasteiger partial charge in [0.1, 0.15) is 18.2 Å². The van der Waals surface area contributed by atoms with Crippen LogP contribution in [0.5, 0.6) is 0 Å². The Kier molecular flexibility index (Phi) is 6.04. The quantitative estimate of drug-likeness (QED) is 0.595. The molecule has 1 amide bonds. The number of carbonyl (C=O) groups excluding carboxylic acids is 1. The van der Waals surface area contributed by atoms with Crippen molar-refractivity contribution < 1.29 is 17.6 Å². The Morgan fingerprint density at radius 3 is 2.74 bits per heavy atom. The molecule has 162 valence electrons. The molecule has 8 nitrogen and oxygen atoms in total. The van der Waals surface area contributed by atoms with Gasteiger partial charge in [-0.1, -0.05) is 11.6 Å². The van der Waals surface area contributed by atoms with E-state index in [1.54, 1.807) is 12.4 Å². The van der Waals surface area contributed by atoms with Gasteiger partial charge in [0.2, 0.25) is 5.91 Å². The maximum absolute atomic E-state index is 13.4.